The van der Waals surface area contributed by atoms with E-state index in [1.165, 1.54) is 5.69 Å². The molecule has 0 aromatic carbocycles. The molecule has 1 aromatic heterocycles. The quantitative estimate of drug-likeness (QED) is 0.453. The molecule has 14 heavy (non-hydrogen) atoms. The van der Waals surface area contributed by atoms with Gasteiger partial charge in [0.25, 0.3) is 0 Å². The van der Waals surface area contributed by atoms with Crippen LogP contribution in [-0.2, 0) is 11.4 Å². The molecule has 0 spiro atoms. The van der Waals surface area contributed by atoms with E-state index in [1.54, 1.807) is 18.4 Å². The fraction of sp³-hybridized carbons (Fsp3) is 0.556. The molecule has 0 radical (unpaired) electrons. The Labute approximate surface area is 93.0 Å². The Bertz CT molecular complexity index is 403. The van der Waals surface area contributed by atoms with Gasteiger partial charge in [0.1, 0.15) is 7.11 Å². The van der Waals surface area contributed by atoms with Crippen molar-refractivity contribution in [1.29, 1.82) is 0 Å². The molecule has 1 rings (SSSR count). The second kappa shape index (κ2) is 4.70. The number of nitrogens with zero attached hydrogens (tertiary/aromatic N) is 2. The van der Waals surface area contributed by atoms with Gasteiger partial charge in [-0.15, -0.1) is 11.3 Å². The van der Waals surface area contributed by atoms with Gasteiger partial charge >= 0.3 is 0 Å². The minimum Gasteiger partial charge on any atom is -0.399 e. The van der Waals surface area contributed by atoms with Crippen molar-refractivity contribution in [3.8, 4) is 0 Å². The SMILES string of the molecule is CCn1c(C)c(/C(C)=N/OC)sc1=S. The summed E-state index contributed by atoms with van der Waals surface area (Å²) < 4.78 is 3.00. The van der Waals surface area contributed by atoms with E-state index in [2.05, 4.69) is 23.6 Å². The van der Waals surface area contributed by atoms with E-state index in [0.29, 0.717) is 0 Å². The van der Waals surface area contributed by atoms with Crippen LogP contribution in [0.3, 0.4) is 0 Å². The van der Waals surface area contributed by atoms with Crippen molar-refractivity contribution in [3.05, 3.63) is 14.5 Å². The van der Waals surface area contributed by atoms with E-state index in [4.69, 9.17) is 17.1 Å². The van der Waals surface area contributed by atoms with Gasteiger partial charge in [-0.1, -0.05) is 5.16 Å². The molecule has 0 aliphatic rings. The molecule has 0 bridgehead atoms. The first-order valence-corrected chi connectivity index (χ1v) is 5.62. The van der Waals surface area contributed by atoms with E-state index >= 15 is 0 Å². The van der Waals surface area contributed by atoms with Gasteiger partial charge in [-0.05, 0) is 33.0 Å². The Morgan fingerprint density at radius 3 is 2.71 bits per heavy atom. The van der Waals surface area contributed by atoms with Crippen LogP contribution in [0.25, 0.3) is 0 Å². The van der Waals surface area contributed by atoms with Crippen LogP contribution < -0.4 is 0 Å². The van der Waals surface area contributed by atoms with E-state index in [9.17, 15) is 0 Å². The third-order valence-corrected chi connectivity index (χ3v) is 3.68. The van der Waals surface area contributed by atoms with Gasteiger partial charge in [0.2, 0.25) is 0 Å². The molecular weight excluding hydrogens is 216 g/mol. The number of hydrogen-bond acceptors (Lipinski definition) is 4. The summed E-state index contributed by atoms with van der Waals surface area (Å²) in [4.78, 5) is 5.86. The molecule has 0 fully saturated rings. The summed E-state index contributed by atoms with van der Waals surface area (Å²) in [7, 11) is 1.55. The van der Waals surface area contributed by atoms with E-state index in [1.807, 2.05) is 6.92 Å². The minimum atomic E-state index is 0.883. The fourth-order valence-corrected chi connectivity index (χ4v) is 2.87. The fourth-order valence-electron chi connectivity index (χ4n) is 1.36. The van der Waals surface area contributed by atoms with Gasteiger partial charge in [-0.25, -0.2) is 0 Å². The molecule has 0 saturated carbocycles. The normalized spacial score (nSPS) is 11.9. The summed E-state index contributed by atoms with van der Waals surface area (Å²) in [5.41, 5.74) is 2.05. The lowest BCUT2D eigenvalue weighted by Crippen LogP contribution is -2.01. The highest BCUT2D eigenvalue weighted by atomic mass is 32.1. The Morgan fingerprint density at radius 2 is 2.29 bits per heavy atom. The van der Waals surface area contributed by atoms with E-state index in [0.717, 1.165) is 21.1 Å². The maximum atomic E-state index is 5.25. The largest absolute Gasteiger partial charge is 0.399 e. The van der Waals surface area contributed by atoms with Crippen LogP contribution in [0.2, 0.25) is 0 Å². The highest BCUT2D eigenvalue weighted by Gasteiger charge is 2.10. The van der Waals surface area contributed by atoms with Gasteiger partial charge in [0, 0.05) is 12.2 Å². The summed E-state index contributed by atoms with van der Waals surface area (Å²) >= 11 is 6.83. The molecule has 3 nitrogen and oxygen atoms in total. The van der Waals surface area contributed by atoms with Gasteiger partial charge in [0.05, 0.1) is 10.6 Å². The summed E-state index contributed by atoms with van der Waals surface area (Å²) in [6.07, 6.45) is 0. The predicted octanol–water partition coefficient (Wildman–Crippen LogP) is 2.98. The molecule has 0 N–H and O–H groups in total. The first-order valence-electron chi connectivity index (χ1n) is 4.40. The summed E-state index contributed by atoms with van der Waals surface area (Å²) in [6, 6.07) is 0. The second-order valence-corrected chi connectivity index (χ2v) is 4.53. The Morgan fingerprint density at radius 1 is 1.64 bits per heavy atom. The number of aromatic nitrogens is 1. The number of thiazole rings is 1. The smallest absolute Gasteiger partial charge is 0.161 e. The Balaban J connectivity index is 3.24. The average Bonchev–Trinajstić information content (AvgIpc) is 2.42. The van der Waals surface area contributed by atoms with Crippen molar-refractivity contribution in [3.63, 3.8) is 0 Å². The van der Waals surface area contributed by atoms with Crippen molar-refractivity contribution >= 4 is 29.3 Å². The molecule has 0 atom stereocenters. The van der Waals surface area contributed by atoms with Crippen LogP contribution in [0.4, 0.5) is 0 Å². The molecule has 0 saturated heterocycles. The Hall–Kier alpha value is -0.680. The monoisotopic (exact) mass is 230 g/mol. The average molecular weight is 230 g/mol. The zero-order valence-corrected chi connectivity index (χ0v) is 10.5. The summed E-state index contributed by atoms with van der Waals surface area (Å²) in [6.45, 7) is 6.97. The lowest BCUT2D eigenvalue weighted by molar-refractivity contribution is 0.213. The van der Waals surface area contributed by atoms with Crippen molar-refractivity contribution in [2.45, 2.75) is 27.3 Å². The number of oxime groups is 1. The van der Waals surface area contributed by atoms with Crippen LogP contribution >= 0.6 is 23.6 Å². The third-order valence-electron chi connectivity index (χ3n) is 2.02. The van der Waals surface area contributed by atoms with Crippen molar-refractivity contribution < 1.29 is 4.84 Å². The lowest BCUT2D eigenvalue weighted by atomic mass is 10.3. The highest BCUT2D eigenvalue weighted by molar-refractivity contribution is 7.73. The molecular formula is C9H14N2OS2. The number of hydrogen-bond donors (Lipinski definition) is 0. The molecule has 1 aromatic rings. The first-order chi connectivity index (χ1) is 6.61. The lowest BCUT2D eigenvalue weighted by Gasteiger charge is -2.01. The van der Waals surface area contributed by atoms with Crippen LogP contribution in [0, 0.1) is 10.9 Å². The van der Waals surface area contributed by atoms with E-state index in [-0.39, 0.29) is 0 Å². The van der Waals surface area contributed by atoms with Crippen LogP contribution in [0.15, 0.2) is 5.16 Å². The Kier molecular flexibility index (Phi) is 3.83. The predicted molar refractivity (Wildman–Crippen MR) is 62.8 cm³/mol. The highest BCUT2D eigenvalue weighted by Crippen LogP contribution is 2.19. The summed E-state index contributed by atoms with van der Waals surface area (Å²) in [5.74, 6) is 0. The third kappa shape index (κ3) is 2.04. The molecule has 0 unspecified atom stereocenters. The number of rotatable bonds is 3. The van der Waals surface area contributed by atoms with Gasteiger partial charge < -0.3 is 9.40 Å². The van der Waals surface area contributed by atoms with Gasteiger partial charge in [-0.2, -0.15) is 0 Å². The van der Waals surface area contributed by atoms with Gasteiger partial charge in [0.15, 0.2) is 3.95 Å². The van der Waals surface area contributed by atoms with Crippen molar-refractivity contribution in [2.75, 3.05) is 7.11 Å². The zero-order chi connectivity index (χ0) is 10.7. The summed E-state index contributed by atoms with van der Waals surface area (Å²) in [5, 5.41) is 3.91. The van der Waals surface area contributed by atoms with Crippen LogP contribution in [-0.4, -0.2) is 17.4 Å². The van der Waals surface area contributed by atoms with Crippen molar-refractivity contribution in [1.82, 2.24) is 4.57 Å². The van der Waals surface area contributed by atoms with E-state index < -0.39 is 0 Å². The minimum absolute atomic E-state index is 0.883. The first kappa shape index (κ1) is 11.4. The molecule has 78 valence electrons. The maximum absolute atomic E-state index is 5.25. The molecule has 0 aliphatic carbocycles. The molecule has 0 amide bonds. The zero-order valence-electron chi connectivity index (χ0n) is 8.83. The van der Waals surface area contributed by atoms with Gasteiger partial charge in [-0.3, -0.25) is 0 Å². The molecule has 1 heterocycles. The van der Waals surface area contributed by atoms with Crippen LogP contribution in [0.1, 0.15) is 24.4 Å². The topological polar surface area (TPSA) is 26.5 Å². The second-order valence-electron chi connectivity index (χ2n) is 2.89. The van der Waals surface area contributed by atoms with Crippen molar-refractivity contribution in [2.24, 2.45) is 5.16 Å². The van der Waals surface area contributed by atoms with Crippen LogP contribution in [0.5, 0.6) is 0 Å². The molecule has 0 aliphatic heterocycles. The standard InChI is InChI=1S/C9H14N2OS2/c1-5-11-7(3)8(14-9(11)13)6(2)10-12-4/h5H2,1-4H3/b10-6+. The maximum Gasteiger partial charge on any atom is 0.161 e. The molecule has 5 heteroatoms.